The van der Waals surface area contributed by atoms with Crippen LogP contribution in [0.5, 0.6) is 0 Å². The number of aryl methyl sites for hydroxylation is 1. The van der Waals surface area contributed by atoms with Gasteiger partial charge in [-0.05, 0) is 49.2 Å². The second-order valence-corrected chi connectivity index (χ2v) is 10.0. The van der Waals surface area contributed by atoms with Gasteiger partial charge in [-0.2, -0.15) is 4.31 Å². The van der Waals surface area contributed by atoms with E-state index >= 15 is 0 Å². The molecule has 0 spiro atoms. The molecule has 0 radical (unpaired) electrons. The Kier molecular flexibility index (Phi) is 7.65. The third kappa shape index (κ3) is 5.73. The van der Waals surface area contributed by atoms with E-state index in [2.05, 4.69) is 10.2 Å². The Morgan fingerprint density at radius 1 is 1.00 bits per heavy atom. The number of hydrogen-bond donors (Lipinski definition) is 1. The first-order valence-corrected chi connectivity index (χ1v) is 12.1. The molecule has 2 aromatic carbocycles. The Labute approximate surface area is 189 Å². The van der Waals surface area contributed by atoms with Crippen LogP contribution in [0.2, 0.25) is 0 Å². The molecule has 8 nitrogen and oxygen atoms in total. The highest BCUT2D eigenvalue weighted by Crippen LogP contribution is 2.19. The van der Waals surface area contributed by atoms with E-state index in [4.69, 9.17) is 4.74 Å². The minimum absolute atomic E-state index is 0.128. The van der Waals surface area contributed by atoms with E-state index in [0.29, 0.717) is 49.5 Å². The summed E-state index contributed by atoms with van der Waals surface area (Å²) in [6.07, 6.45) is 0. The number of hydrogen-bond acceptors (Lipinski definition) is 6. The van der Waals surface area contributed by atoms with E-state index < -0.39 is 16.0 Å². The number of methoxy groups -OCH3 is 1. The lowest BCUT2D eigenvalue weighted by Gasteiger charge is -2.33. The molecule has 1 fully saturated rings. The van der Waals surface area contributed by atoms with E-state index in [-0.39, 0.29) is 11.7 Å². The number of benzene rings is 2. The smallest absolute Gasteiger partial charge is 0.337 e. The summed E-state index contributed by atoms with van der Waals surface area (Å²) >= 11 is 0. The van der Waals surface area contributed by atoms with E-state index in [9.17, 15) is 18.0 Å². The molecule has 1 heterocycles. The number of esters is 1. The summed E-state index contributed by atoms with van der Waals surface area (Å²) in [5, 5.41) is 2.85. The quantitative estimate of drug-likeness (QED) is 0.639. The molecule has 0 bridgehead atoms. The van der Waals surface area contributed by atoms with Crippen LogP contribution in [0.15, 0.2) is 42.5 Å². The minimum atomic E-state index is -3.13. The van der Waals surface area contributed by atoms with Crippen LogP contribution in [0.25, 0.3) is 0 Å². The van der Waals surface area contributed by atoms with Gasteiger partial charge in [0.05, 0.1) is 18.4 Å². The fourth-order valence-electron chi connectivity index (χ4n) is 3.56. The highest BCUT2D eigenvalue weighted by Gasteiger charge is 2.25. The molecule has 1 aliphatic rings. The number of sulfonamides is 1. The van der Waals surface area contributed by atoms with Crippen LogP contribution in [0.4, 0.5) is 5.69 Å². The van der Waals surface area contributed by atoms with Gasteiger partial charge in [0, 0.05) is 44.0 Å². The van der Waals surface area contributed by atoms with Gasteiger partial charge in [0.2, 0.25) is 10.0 Å². The maximum absolute atomic E-state index is 12.7. The van der Waals surface area contributed by atoms with E-state index in [1.54, 1.807) is 41.6 Å². The van der Waals surface area contributed by atoms with Gasteiger partial charge in [-0.1, -0.05) is 18.2 Å². The second kappa shape index (κ2) is 10.2. The van der Waals surface area contributed by atoms with Crippen molar-refractivity contribution in [1.29, 1.82) is 0 Å². The molecule has 172 valence electrons. The van der Waals surface area contributed by atoms with Gasteiger partial charge in [0.15, 0.2) is 0 Å². The molecule has 0 aromatic heterocycles. The molecule has 0 unspecified atom stereocenters. The topological polar surface area (TPSA) is 96.0 Å². The van der Waals surface area contributed by atoms with Gasteiger partial charge in [-0.15, -0.1) is 0 Å². The average molecular weight is 460 g/mol. The normalized spacial score (nSPS) is 15.3. The minimum Gasteiger partial charge on any atom is -0.465 e. The summed E-state index contributed by atoms with van der Waals surface area (Å²) in [5.41, 5.74) is 3.33. The SMILES string of the molecule is CCS(=O)(=O)N1CCN(Cc2ccc(C(=O)Nc3cc(C(=O)OC)ccc3C)cc2)CC1. The molecule has 0 aliphatic carbocycles. The van der Waals surface area contributed by atoms with Crippen molar-refractivity contribution in [3.8, 4) is 0 Å². The van der Waals surface area contributed by atoms with Crippen molar-refractivity contribution in [2.75, 3.05) is 44.4 Å². The van der Waals surface area contributed by atoms with Crippen LogP contribution in [-0.2, 0) is 21.3 Å². The standard InChI is InChI=1S/C23H29N3O5S/c1-4-32(29,30)26-13-11-25(12-14-26)16-18-6-9-19(10-7-18)22(27)24-21-15-20(23(28)31-3)8-5-17(21)2/h5-10,15H,4,11-14,16H2,1-3H3,(H,24,27). The number of carbonyl (C=O) groups is 2. The van der Waals surface area contributed by atoms with Gasteiger partial charge in [0.1, 0.15) is 0 Å². The number of rotatable bonds is 7. The first-order valence-electron chi connectivity index (χ1n) is 10.5. The van der Waals surface area contributed by atoms with E-state index in [0.717, 1.165) is 11.1 Å². The Balaban J connectivity index is 1.59. The molecular weight excluding hydrogens is 430 g/mol. The number of ether oxygens (including phenoxy) is 1. The zero-order chi connectivity index (χ0) is 23.3. The summed E-state index contributed by atoms with van der Waals surface area (Å²) in [6, 6.07) is 12.4. The number of nitrogens with zero attached hydrogens (tertiary/aromatic N) is 2. The maximum Gasteiger partial charge on any atom is 0.337 e. The molecular formula is C23H29N3O5S. The molecule has 9 heteroatoms. The molecule has 32 heavy (non-hydrogen) atoms. The van der Waals surface area contributed by atoms with Gasteiger partial charge < -0.3 is 10.1 Å². The fraction of sp³-hybridized carbons (Fsp3) is 0.391. The maximum atomic E-state index is 12.7. The lowest BCUT2D eigenvalue weighted by molar-refractivity contribution is 0.0600. The van der Waals surface area contributed by atoms with Crippen molar-refractivity contribution in [1.82, 2.24) is 9.21 Å². The summed E-state index contributed by atoms with van der Waals surface area (Å²) in [6.45, 7) is 6.57. The van der Waals surface area contributed by atoms with Crippen molar-refractivity contribution >= 4 is 27.6 Å². The zero-order valence-corrected chi connectivity index (χ0v) is 19.4. The Morgan fingerprint density at radius 2 is 1.62 bits per heavy atom. The monoisotopic (exact) mass is 459 g/mol. The van der Waals surface area contributed by atoms with Crippen LogP contribution in [0.1, 0.15) is 38.8 Å². The van der Waals surface area contributed by atoms with Crippen molar-refractivity contribution in [3.63, 3.8) is 0 Å². The van der Waals surface area contributed by atoms with Crippen LogP contribution < -0.4 is 5.32 Å². The zero-order valence-electron chi connectivity index (χ0n) is 18.6. The summed E-state index contributed by atoms with van der Waals surface area (Å²) in [5.74, 6) is -0.596. The Bertz CT molecular complexity index is 1080. The number of carbonyl (C=O) groups excluding carboxylic acids is 2. The highest BCUT2D eigenvalue weighted by molar-refractivity contribution is 7.89. The third-order valence-electron chi connectivity index (χ3n) is 5.62. The third-order valence-corrected chi connectivity index (χ3v) is 7.50. The number of anilines is 1. The molecule has 1 aliphatic heterocycles. The summed E-state index contributed by atoms with van der Waals surface area (Å²) < 4.78 is 30.3. The fourth-order valence-corrected chi connectivity index (χ4v) is 4.65. The van der Waals surface area contributed by atoms with Gasteiger partial charge >= 0.3 is 5.97 Å². The van der Waals surface area contributed by atoms with Gasteiger partial charge in [0.25, 0.3) is 5.91 Å². The molecule has 1 saturated heterocycles. The average Bonchev–Trinajstić information content (AvgIpc) is 2.80. The first kappa shape index (κ1) is 23.9. The van der Waals surface area contributed by atoms with Gasteiger partial charge in [-0.25, -0.2) is 13.2 Å². The molecule has 1 amide bonds. The Hall–Kier alpha value is -2.75. The highest BCUT2D eigenvalue weighted by atomic mass is 32.2. The van der Waals surface area contributed by atoms with Crippen molar-refractivity contribution < 1.29 is 22.7 Å². The molecule has 2 aromatic rings. The molecule has 3 rings (SSSR count). The van der Waals surface area contributed by atoms with E-state index in [1.807, 2.05) is 19.1 Å². The van der Waals surface area contributed by atoms with Crippen molar-refractivity contribution in [2.45, 2.75) is 20.4 Å². The molecule has 0 saturated carbocycles. The van der Waals surface area contributed by atoms with Crippen molar-refractivity contribution in [3.05, 3.63) is 64.7 Å². The van der Waals surface area contributed by atoms with Crippen LogP contribution in [0, 0.1) is 6.92 Å². The summed E-state index contributed by atoms with van der Waals surface area (Å²) in [7, 11) is -1.82. The van der Waals surface area contributed by atoms with E-state index in [1.165, 1.54) is 7.11 Å². The summed E-state index contributed by atoms with van der Waals surface area (Å²) in [4.78, 5) is 26.6. The Morgan fingerprint density at radius 3 is 2.22 bits per heavy atom. The first-order chi connectivity index (χ1) is 15.2. The van der Waals surface area contributed by atoms with Crippen LogP contribution in [0.3, 0.4) is 0 Å². The lowest BCUT2D eigenvalue weighted by Crippen LogP contribution is -2.48. The predicted molar refractivity (Wildman–Crippen MR) is 123 cm³/mol. The second-order valence-electron chi connectivity index (χ2n) is 7.75. The molecule has 1 N–H and O–H groups in total. The molecule has 0 atom stereocenters. The predicted octanol–water partition coefficient (Wildman–Crippen LogP) is 2.50. The number of amides is 1. The lowest BCUT2D eigenvalue weighted by atomic mass is 10.1. The van der Waals surface area contributed by atoms with Crippen LogP contribution in [-0.4, -0.2) is 68.5 Å². The number of nitrogens with one attached hydrogen (secondary N) is 1. The van der Waals surface area contributed by atoms with Crippen LogP contribution >= 0.6 is 0 Å². The number of piperazine rings is 1. The largest absolute Gasteiger partial charge is 0.465 e. The van der Waals surface area contributed by atoms with Gasteiger partial charge in [-0.3, -0.25) is 9.69 Å². The van der Waals surface area contributed by atoms with Crippen molar-refractivity contribution in [2.24, 2.45) is 0 Å².